The van der Waals surface area contributed by atoms with E-state index < -0.39 is 10.0 Å². The first-order chi connectivity index (χ1) is 9.91. The average molecular weight is 442 g/mol. The molecule has 0 spiro atoms. The summed E-state index contributed by atoms with van der Waals surface area (Å²) in [7, 11) is -1.83. The lowest BCUT2D eigenvalue weighted by molar-refractivity contribution is 0.412. The van der Waals surface area contributed by atoms with E-state index in [2.05, 4.69) is 41.9 Å². The summed E-state index contributed by atoms with van der Waals surface area (Å²) in [5.41, 5.74) is 0.477. The minimum absolute atomic E-state index is 0.0948. The summed E-state index contributed by atoms with van der Waals surface area (Å²) >= 11 is 6.70. The third kappa shape index (κ3) is 5.43. The Labute approximate surface area is 142 Å². The maximum Gasteiger partial charge on any atom is 0.232 e. The zero-order valence-corrected chi connectivity index (χ0v) is 15.6. The lowest BCUT2D eigenvalue weighted by atomic mass is 10.3. The van der Waals surface area contributed by atoms with Gasteiger partial charge < -0.3 is 10.1 Å². The second-order valence-corrected chi connectivity index (χ2v) is 8.52. The zero-order valence-electron chi connectivity index (χ0n) is 11.7. The van der Waals surface area contributed by atoms with Gasteiger partial charge >= 0.3 is 0 Å². The fourth-order valence-electron chi connectivity index (χ4n) is 1.84. The van der Waals surface area contributed by atoms with Gasteiger partial charge in [-0.25, -0.2) is 8.42 Å². The number of anilines is 1. The Morgan fingerprint density at radius 3 is 2.62 bits per heavy atom. The van der Waals surface area contributed by atoms with Gasteiger partial charge in [-0.3, -0.25) is 4.72 Å². The summed E-state index contributed by atoms with van der Waals surface area (Å²) < 4.78 is 33.4. The highest BCUT2D eigenvalue weighted by Crippen LogP contribution is 2.35. The Bertz CT molecular complexity index is 604. The largest absolute Gasteiger partial charge is 0.495 e. The molecule has 1 fully saturated rings. The first-order valence-electron chi connectivity index (χ1n) is 6.68. The Kier molecular flexibility index (Phi) is 5.93. The van der Waals surface area contributed by atoms with Crippen LogP contribution in [0.5, 0.6) is 5.75 Å². The second-order valence-electron chi connectivity index (χ2n) is 4.97. The molecule has 1 aromatic carbocycles. The molecule has 1 aliphatic rings. The smallest absolute Gasteiger partial charge is 0.232 e. The van der Waals surface area contributed by atoms with Crippen molar-refractivity contribution in [3.05, 3.63) is 21.1 Å². The monoisotopic (exact) mass is 440 g/mol. The summed E-state index contributed by atoms with van der Waals surface area (Å²) in [6.07, 6.45) is 3.00. The molecule has 0 amide bonds. The summed E-state index contributed by atoms with van der Waals surface area (Å²) in [5.74, 6) is 0.670. The van der Waals surface area contributed by atoms with Crippen LogP contribution in [0.3, 0.4) is 0 Å². The highest BCUT2D eigenvalue weighted by molar-refractivity contribution is 9.11. The molecule has 0 heterocycles. The molecule has 2 N–H and O–H groups in total. The van der Waals surface area contributed by atoms with Crippen LogP contribution in [-0.2, 0) is 10.0 Å². The van der Waals surface area contributed by atoms with Gasteiger partial charge in [0.1, 0.15) is 5.75 Å². The number of methoxy groups -OCH3 is 1. The highest BCUT2D eigenvalue weighted by Gasteiger charge is 2.20. The fourth-order valence-corrected chi connectivity index (χ4v) is 4.35. The van der Waals surface area contributed by atoms with Crippen molar-refractivity contribution in [2.45, 2.75) is 25.3 Å². The van der Waals surface area contributed by atoms with E-state index in [4.69, 9.17) is 4.74 Å². The van der Waals surface area contributed by atoms with E-state index in [1.807, 2.05) is 0 Å². The van der Waals surface area contributed by atoms with Crippen LogP contribution < -0.4 is 14.8 Å². The number of nitrogens with one attached hydrogen (secondary N) is 2. The molecule has 0 bridgehead atoms. The van der Waals surface area contributed by atoms with Gasteiger partial charge in [0.2, 0.25) is 10.0 Å². The molecular weight excluding hydrogens is 424 g/mol. The summed E-state index contributed by atoms with van der Waals surface area (Å²) in [4.78, 5) is 0. The number of hydrogen-bond donors (Lipinski definition) is 2. The van der Waals surface area contributed by atoms with Crippen molar-refractivity contribution < 1.29 is 13.2 Å². The van der Waals surface area contributed by atoms with Crippen molar-refractivity contribution in [2.75, 3.05) is 24.1 Å². The molecule has 0 atom stereocenters. The van der Waals surface area contributed by atoms with E-state index in [-0.39, 0.29) is 5.75 Å². The second kappa shape index (κ2) is 7.30. The predicted octanol–water partition coefficient (Wildman–Crippen LogP) is 3.10. The topological polar surface area (TPSA) is 67.4 Å². The van der Waals surface area contributed by atoms with E-state index in [1.54, 1.807) is 12.1 Å². The van der Waals surface area contributed by atoms with Crippen molar-refractivity contribution in [1.29, 1.82) is 0 Å². The van der Waals surface area contributed by atoms with Gasteiger partial charge in [-0.1, -0.05) is 0 Å². The summed E-state index contributed by atoms with van der Waals surface area (Å²) in [6.45, 7) is 0.733. The lowest BCUT2D eigenvalue weighted by Crippen LogP contribution is -2.23. The zero-order chi connectivity index (χ0) is 15.5. The molecule has 0 aromatic heterocycles. The molecule has 0 saturated heterocycles. The molecule has 1 aliphatic carbocycles. The van der Waals surface area contributed by atoms with Crippen molar-refractivity contribution in [2.24, 2.45) is 0 Å². The average Bonchev–Trinajstić information content (AvgIpc) is 3.22. The van der Waals surface area contributed by atoms with Crippen LogP contribution in [0.4, 0.5) is 5.69 Å². The molecule has 0 unspecified atom stereocenters. The molecule has 1 saturated carbocycles. The third-order valence-corrected chi connectivity index (χ3v) is 5.74. The molecule has 118 valence electrons. The number of rotatable bonds is 8. The highest BCUT2D eigenvalue weighted by atomic mass is 79.9. The van der Waals surface area contributed by atoms with Crippen LogP contribution in [0, 0.1) is 0 Å². The molecule has 0 aliphatic heterocycles. The fraction of sp³-hybridized carbons (Fsp3) is 0.538. The third-order valence-electron chi connectivity index (χ3n) is 3.11. The standard InChI is InChI=1S/C13H18Br2N2O3S/c1-20-13-8-12(10(14)7-11(13)15)17-21(18,19)6-2-5-16-9-3-4-9/h7-9,16-17H,2-6H2,1H3. The van der Waals surface area contributed by atoms with Gasteiger partial charge in [-0.15, -0.1) is 0 Å². The number of halogens is 2. The first kappa shape index (κ1) is 17.1. The van der Waals surface area contributed by atoms with Crippen molar-refractivity contribution in [3.63, 3.8) is 0 Å². The Morgan fingerprint density at radius 2 is 2.00 bits per heavy atom. The van der Waals surface area contributed by atoms with Gasteiger partial charge in [0.15, 0.2) is 0 Å². The summed E-state index contributed by atoms with van der Waals surface area (Å²) in [6, 6.07) is 4.00. The lowest BCUT2D eigenvalue weighted by Gasteiger charge is -2.12. The first-order valence-corrected chi connectivity index (χ1v) is 9.92. The molecule has 21 heavy (non-hydrogen) atoms. The van der Waals surface area contributed by atoms with Crippen LogP contribution in [0.2, 0.25) is 0 Å². The minimum atomic E-state index is -3.36. The van der Waals surface area contributed by atoms with Gasteiger partial charge in [0, 0.05) is 16.6 Å². The number of benzene rings is 1. The Hall–Kier alpha value is -0.310. The van der Waals surface area contributed by atoms with Crippen molar-refractivity contribution in [3.8, 4) is 5.75 Å². The predicted molar refractivity (Wildman–Crippen MR) is 91.4 cm³/mol. The van der Waals surface area contributed by atoms with Gasteiger partial charge in [-0.05, 0) is 63.7 Å². The normalized spacial score (nSPS) is 15.0. The van der Waals surface area contributed by atoms with E-state index in [1.165, 1.54) is 20.0 Å². The summed E-state index contributed by atoms with van der Waals surface area (Å²) in [5, 5.41) is 3.30. The van der Waals surface area contributed by atoms with Crippen LogP contribution in [-0.4, -0.2) is 33.9 Å². The van der Waals surface area contributed by atoms with Crippen LogP contribution in [0.25, 0.3) is 0 Å². The molecule has 8 heteroatoms. The van der Waals surface area contributed by atoms with Crippen LogP contribution in [0.1, 0.15) is 19.3 Å². The quantitative estimate of drug-likeness (QED) is 0.608. The number of hydrogen-bond acceptors (Lipinski definition) is 4. The SMILES string of the molecule is COc1cc(NS(=O)(=O)CCCNC2CC2)c(Br)cc1Br. The van der Waals surface area contributed by atoms with Gasteiger partial charge in [0.25, 0.3) is 0 Å². The van der Waals surface area contributed by atoms with Crippen LogP contribution in [0.15, 0.2) is 21.1 Å². The Balaban J connectivity index is 1.94. The van der Waals surface area contributed by atoms with E-state index >= 15 is 0 Å². The van der Waals surface area contributed by atoms with Gasteiger partial charge in [-0.2, -0.15) is 0 Å². The van der Waals surface area contributed by atoms with Gasteiger partial charge in [0.05, 0.1) is 23.0 Å². The Morgan fingerprint density at radius 1 is 1.29 bits per heavy atom. The van der Waals surface area contributed by atoms with E-state index in [0.29, 0.717) is 28.4 Å². The minimum Gasteiger partial charge on any atom is -0.495 e. The number of ether oxygens (including phenoxy) is 1. The molecule has 0 radical (unpaired) electrons. The van der Waals surface area contributed by atoms with Crippen molar-refractivity contribution in [1.82, 2.24) is 5.32 Å². The molecule has 2 rings (SSSR count). The van der Waals surface area contributed by atoms with E-state index in [0.717, 1.165) is 11.0 Å². The van der Waals surface area contributed by atoms with Crippen molar-refractivity contribution >= 4 is 47.6 Å². The molecular formula is C13H18Br2N2O3S. The molecule has 1 aromatic rings. The van der Waals surface area contributed by atoms with E-state index in [9.17, 15) is 8.42 Å². The maximum absolute atomic E-state index is 12.1. The van der Waals surface area contributed by atoms with Crippen LogP contribution >= 0.6 is 31.9 Å². The molecule has 5 nitrogen and oxygen atoms in total. The maximum atomic E-state index is 12.1. The number of sulfonamides is 1.